The minimum Gasteiger partial charge on any atom is -0.461 e. The molecule has 204 valence electrons. The van der Waals surface area contributed by atoms with Crippen LogP contribution in [0.5, 0.6) is 0 Å². The van der Waals surface area contributed by atoms with Crippen LogP contribution in [0.4, 0.5) is 0 Å². The number of benzene rings is 2. The highest BCUT2D eigenvalue weighted by Gasteiger charge is 2.47. The van der Waals surface area contributed by atoms with E-state index in [1.807, 2.05) is 79.6 Å². The predicted molar refractivity (Wildman–Crippen MR) is 164 cm³/mol. The first-order valence-corrected chi connectivity index (χ1v) is 18.6. The highest BCUT2D eigenvalue weighted by atomic mass is 33.1. The van der Waals surface area contributed by atoms with E-state index in [1.165, 1.54) is 24.3 Å². The fourth-order valence-electron chi connectivity index (χ4n) is 5.49. The number of carbonyl (C=O) groups excluding carboxylic acids is 2. The molecular formula is C30H36O4S4. The maximum atomic E-state index is 13.2. The van der Waals surface area contributed by atoms with Crippen LogP contribution in [-0.2, 0) is 24.7 Å². The summed E-state index contributed by atoms with van der Waals surface area (Å²) in [7, 11) is 7.88. The van der Waals surface area contributed by atoms with Crippen molar-refractivity contribution in [2.45, 2.75) is 80.3 Å². The summed E-state index contributed by atoms with van der Waals surface area (Å²) in [5, 5.41) is 1.44. The number of fused-ring (bicyclic) bond motifs is 3. The zero-order valence-corrected chi connectivity index (χ0v) is 25.0. The van der Waals surface area contributed by atoms with Gasteiger partial charge in [0.05, 0.1) is 0 Å². The number of carbonyl (C=O) groups is 2. The Morgan fingerprint density at radius 2 is 1.26 bits per heavy atom. The van der Waals surface area contributed by atoms with Crippen molar-refractivity contribution < 1.29 is 19.1 Å². The highest BCUT2D eigenvalue weighted by Crippen LogP contribution is 2.50. The van der Waals surface area contributed by atoms with Gasteiger partial charge >= 0.3 is 11.9 Å². The van der Waals surface area contributed by atoms with Gasteiger partial charge in [-0.25, -0.2) is 0 Å². The molecule has 3 aliphatic rings. The third-order valence-electron chi connectivity index (χ3n) is 7.51. The third-order valence-corrected chi connectivity index (χ3v) is 13.5. The summed E-state index contributed by atoms with van der Waals surface area (Å²) in [5.41, 5.74) is 2.77. The third kappa shape index (κ3) is 6.91. The molecule has 0 aromatic heterocycles. The van der Waals surface area contributed by atoms with E-state index in [0.717, 1.165) is 66.0 Å². The first-order chi connectivity index (χ1) is 18.7. The van der Waals surface area contributed by atoms with E-state index < -0.39 is 5.60 Å². The Balaban J connectivity index is 1.23. The lowest BCUT2D eigenvalue weighted by atomic mass is 9.91. The van der Waals surface area contributed by atoms with Gasteiger partial charge in [-0.05, 0) is 49.7 Å². The average Bonchev–Trinajstić information content (AvgIpc) is 3.70. The van der Waals surface area contributed by atoms with Crippen LogP contribution in [0.25, 0.3) is 11.1 Å². The Kier molecular flexibility index (Phi) is 10.4. The number of esters is 2. The van der Waals surface area contributed by atoms with Crippen molar-refractivity contribution in [3.63, 3.8) is 0 Å². The Labute approximate surface area is 242 Å². The molecule has 0 radical (unpaired) electrons. The molecule has 2 fully saturated rings. The van der Waals surface area contributed by atoms with Crippen LogP contribution in [0.2, 0.25) is 0 Å². The van der Waals surface area contributed by atoms with Crippen molar-refractivity contribution >= 4 is 55.1 Å². The molecule has 4 nitrogen and oxygen atoms in total. The van der Waals surface area contributed by atoms with Gasteiger partial charge in [0, 0.05) is 46.0 Å². The summed E-state index contributed by atoms with van der Waals surface area (Å²) in [5.74, 6) is 2.02. The Morgan fingerprint density at radius 1 is 0.737 bits per heavy atom. The summed E-state index contributed by atoms with van der Waals surface area (Å²) >= 11 is 0. The van der Waals surface area contributed by atoms with Crippen molar-refractivity contribution in [2.75, 3.05) is 18.1 Å². The van der Waals surface area contributed by atoms with Crippen molar-refractivity contribution in [3.05, 3.63) is 59.7 Å². The van der Waals surface area contributed by atoms with Crippen molar-refractivity contribution in [1.29, 1.82) is 0 Å². The first-order valence-electron chi connectivity index (χ1n) is 13.8. The Morgan fingerprint density at radius 3 is 1.79 bits per heavy atom. The van der Waals surface area contributed by atoms with Gasteiger partial charge in [-0.2, -0.15) is 0 Å². The maximum Gasteiger partial charge on any atom is 0.307 e. The largest absolute Gasteiger partial charge is 0.461 e. The van der Waals surface area contributed by atoms with Gasteiger partial charge in [0.1, 0.15) is 6.61 Å². The second-order valence-electron chi connectivity index (χ2n) is 10.2. The van der Waals surface area contributed by atoms with Crippen LogP contribution in [0, 0.1) is 0 Å². The molecule has 2 aromatic carbocycles. The van der Waals surface area contributed by atoms with E-state index in [9.17, 15) is 9.59 Å². The molecule has 38 heavy (non-hydrogen) atoms. The minimum atomic E-state index is -1.10. The van der Waals surface area contributed by atoms with Gasteiger partial charge in [0.2, 0.25) is 0 Å². The van der Waals surface area contributed by atoms with Crippen LogP contribution in [0.3, 0.4) is 0 Å². The molecule has 2 aromatic rings. The molecule has 2 unspecified atom stereocenters. The van der Waals surface area contributed by atoms with Crippen molar-refractivity contribution in [2.24, 2.45) is 0 Å². The Hall–Kier alpha value is -1.22. The molecule has 2 atom stereocenters. The van der Waals surface area contributed by atoms with Gasteiger partial charge in [0.15, 0.2) is 5.60 Å². The molecule has 2 aliphatic heterocycles. The number of rotatable bonds is 13. The molecule has 0 spiro atoms. The van der Waals surface area contributed by atoms with Gasteiger partial charge in [-0.15, -0.1) is 0 Å². The lowest BCUT2D eigenvalue weighted by molar-refractivity contribution is -0.169. The molecule has 0 saturated carbocycles. The summed E-state index contributed by atoms with van der Waals surface area (Å²) in [6, 6.07) is 16.0. The molecule has 0 bridgehead atoms. The van der Waals surface area contributed by atoms with E-state index in [0.29, 0.717) is 18.1 Å². The second kappa shape index (κ2) is 13.9. The normalized spacial score (nSPS) is 21.2. The number of ether oxygens (including phenoxy) is 2. The maximum absolute atomic E-state index is 13.2. The SMILES string of the molecule is O=C(CCCCC1CCSS1)OCC1(OC(=O)CCCCC2CCSS2)c2ccccc2-c2ccccc21. The number of hydrogen-bond donors (Lipinski definition) is 0. The average molecular weight is 589 g/mol. The van der Waals surface area contributed by atoms with Gasteiger partial charge < -0.3 is 9.47 Å². The van der Waals surface area contributed by atoms with E-state index in [2.05, 4.69) is 12.1 Å². The van der Waals surface area contributed by atoms with Gasteiger partial charge in [0.25, 0.3) is 0 Å². The first kappa shape index (κ1) is 28.3. The van der Waals surface area contributed by atoms with Crippen LogP contribution >= 0.6 is 43.2 Å². The molecule has 0 amide bonds. The molecule has 5 rings (SSSR count). The topological polar surface area (TPSA) is 52.6 Å². The van der Waals surface area contributed by atoms with Crippen LogP contribution in [0.1, 0.15) is 75.3 Å². The molecule has 2 saturated heterocycles. The smallest absolute Gasteiger partial charge is 0.307 e. The predicted octanol–water partition coefficient (Wildman–Crippen LogP) is 8.43. The molecule has 1 aliphatic carbocycles. The summed E-state index contributed by atoms with van der Waals surface area (Å²) in [6.45, 7) is 0.0106. The van der Waals surface area contributed by atoms with Crippen LogP contribution in [0.15, 0.2) is 48.5 Å². The zero-order valence-electron chi connectivity index (χ0n) is 21.7. The molecule has 8 heteroatoms. The fraction of sp³-hybridized carbons (Fsp3) is 0.533. The van der Waals surface area contributed by atoms with E-state index in [4.69, 9.17) is 9.47 Å². The second-order valence-corrected chi connectivity index (χ2v) is 15.8. The number of unbranched alkanes of at least 4 members (excludes halogenated alkanes) is 2. The minimum absolute atomic E-state index is 0.0106. The quantitative estimate of drug-likeness (QED) is 0.131. The monoisotopic (exact) mass is 588 g/mol. The standard InChI is InChI=1S/C30H36O4S4/c31-28(15-7-1-9-22-17-19-35-37-22)33-21-30(34-29(32)16-8-2-10-23-18-20-36-38-23)26-13-5-3-11-24(26)25-12-4-6-14-27(25)30/h3-6,11-14,22-23H,1-2,7-10,15-21H2. The van der Waals surface area contributed by atoms with E-state index >= 15 is 0 Å². The van der Waals surface area contributed by atoms with Crippen LogP contribution < -0.4 is 0 Å². The molecule has 2 heterocycles. The summed E-state index contributed by atoms with van der Waals surface area (Å²) in [6.07, 6.45) is 9.33. The van der Waals surface area contributed by atoms with Crippen molar-refractivity contribution in [1.82, 2.24) is 0 Å². The lowest BCUT2D eigenvalue weighted by Crippen LogP contribution is -2.37. The fourth-order valence-corrected chi connectivity index (χ4v) is 11.5. The Bertz CT molecular complexity index is 1050. The van der Waals surface area contributed by atoms with Gasteiger partial charge in [-0.3, -0.25) is 9.59 Å². The lowest BCUT2D eigenvalue weighted by Gasteiger charge is -2.31. The summed E-state index contributed by atoms with van der Waals surface area (Å²) in [4.78, 5) is 26.0. The van der Waals surface area contributed by atoms with Crippen LogP contribution in [-0.4, -0.2) is 40.6 Å². The molecule has 0 N–H and O–H groups in total. The van der Waals surface area contributed by atoms with E-state index in [1.54, 1.807) is 0 Å². The van der Waals surface area contributed by atoms with Gasteiger partial charge in [-0.1, -0.05) is 105 Å². The summed E-state index contributed by atoms with van der Waals surface area (Å²) < 4.78 is 12.2. The highest BCUT2D eigenvalue weighted by molar-refractivity contribution is 8.77. The van der Waals surface area contributed by atoms with E-state index in [-0.39, 0.29) is 18.5 Å². The number of hydrogen-bond acceptors (Lipinski definition) is 8. The molecular weight excluding hydrogens is 553 g/mol. The zero-order chi connectivity index (χ0) is 26.2. The van der Waals surface area contributed by atoms with Crippen molar-refractivity contribution in [3.8, 4) is 11.1 Å².